The van der Waals surface area contributed by atoms with Gasteiger partial charge < -0.3 is 19.4 Å². The lowest BCUT2D eigenvalue weighted by Crippen LogP contribution is -2.25. The second-order valence-electron chi connectivity index (χ2n) is 7.71. The number of ether oxygens (including phenoxy) is 2. The third-order valence-electron chi connectivity index (χ3n) is 4.24. The van der Waals surface area contributed by atoms with E-state index >= 15 is 0 Å². The van der Waals surface area contributed by atoms with Gasteiger partial charge in [0.15, 0.2) is 11.4 Å². The summed E-state index contributed by atoms with van der Waals surface area (Å²) in [7, 11) is 0.460. The van der Waals surface area contributed by atoms with Crippen molar-refractivity contribution in [3.63, 3.8) is 0 Å². The summed E-state index contributed by atoms with van der Waals surface area (Å²) in [6.45, 7) is 9.90. The molecule has 1 aromatic carbocycles. The van der Waals surface area contributed by atoms with Gasteiger partial charge in [-0.05, 0) is 34.5 Å². The number of nitrogens with one attached hydrogen (secondary N) is 1. The minimum atomic E-state index is -1.16. The van der Waals surface area contributed by atoms with Crippen molar-refractivity contribution in [2.24, 2.45) is 0 Å². The van der Waals surface area contributed by atoms with Crippen LogP contribution >= 0.6 is 15.9 Å². The number of aromatic nitrogens is 1. The first-order chi connectivity index (χ1) is 12.7. The van der Waals surface area contributed by atoms with E-state index in [4.69, 9.17) is 9.47 Å². The van der Waals surface area contributed by atoms with Crippen LogP contribution < -0.4 is 10.1 Å². The molecule has 0 aliphatic carbocycles. The van der Waals surface area contributed by atoms with Gasteiger partial charge in [0.1, 0.15) is 12.8 Å². The van der Waals surface area contributed by atoms with Crippen LogP contribution in [0.15, 0.2) is 41.0 Å². The summed E-state index contributed by atoms with van der Waals surface area (Å²) >= 11 is 3.53. The highest BCUT2D eigenvalue weighted by Crippen LogP contribution is 2.31. The molecule has 0 spiro atoms. The quantitative estimate of drug-likeness (QED) is 0.427. The molecule has 0 fully saturated rings. The Kier molecular flexibility index (Phi) is 7.70. The normalized spacial score (nSPS) is 12.7. The van der Waals surface area contributed by atoms with Gasteiger partial charge >= 0.3 is 0 Å². The standard InChI is InChI=1S/C20H29BrN2O3Si/c1-15(16-9-7-6-8-10-16)26-17-13-18(21)23(19(17)20(24)22-2)14-25-11-12-27(3,4)5/h6-10,13,15H,11-12,14H2,1-5H3,(H,22,24). The molecule has 148 valence electrons. The Bertz CT molecular complexity index is 757. The largest absolute Gasteiger partial charge is 0.484 e. The molecule has 2 rings (SSSR count). The first-order valence-electron chi connectivity index (χ1n) is 9.13. The number of hydrogen-bond donors (Lipinski definition) is 1. The van der Waals surface area contributed by atoms with Crippen molar-refractivity contribution >= 4 is 29.9 Å². The fraction of sp³-hybridized carbons (Fsp3) is 0.450. The summed E-state index contributed by atoms with van der Waals surface area (Å²) in [5.41, 5.74) is 1.51. The van der Waals surface area contributed by atoms with E-state index in [0.29, 0.717) is 24.8 Å². The van der Waals surface area contributed by atoms with E-state index in [2.05, 4.69) is 40.9 Å². The Morgan fingerprint density at radius 3 is 2.52 bits per heavy atom. The van der Waals surface area contributed by atoms with Crippen LogP contribution in [0.3, 0.4) is 0 Å². The second kappa shape index (κ2) is 9.57. The van der Waals surface area contributed by atoms with Gasteiger partial charge in [0.25, 0.3) is 5.91 Å². The van der Waals surface area contributed by atoms with Gasteiger partial charge in [0.05, 0.1) is 4.60 Å². The SMILES string of the molecule is CNC(=O)c1c(OC(C)c2ccccc2)cc(Br)n1COCC[Si](C)(C)C. The molecule has 0 bridgehead atoms. The summed E-state index contributed by atoms with van der Waals surface area (Å²) < 4.78 is 14.5. The van der Waals surface area contributed by atoms with Gasteiger partial charge in [-0.25, -0.2) is 0 Å². The fourth-order valence-electron chi connectivity index (χ4n) is 2.58. The molecule has 1 aromatic heterocycles. The number of nitrogens with zero attached hydrogens (tertiary/aromatic N) is 1. The van der Waals surface area contributed by atoms with Crippen molar-refractivity contribution < 1.29 is 14.3 Å². The van der Waals surface area contributed by atoms with E-state index in [9.17, 15) is 4.79 Å². The van der Waals surface area contributed by atoms with Crippen molar-refractivity contribution in [3.05, 3.63) is 52.3 Å². The molecule has 7 heteroatoms. The van der Waals surface area contributed by atoms with Crippen molar-refractivity contribution in [3.8, 4) is 5.75 Å². The molecule has 5 nitrogen and oxygen atoms in total. The minimum Gasteiger partial charge on any atom is -0.484 e. The molecular weight excluding hydrogens is 424 g/mol. The maximum absolute atomic E-state index is 12.5. The van der Waals surface area contributed by atoms with Crippen LogP contribution in [0.25, 0.3) is 0 Å². The molecule has 0 radical (unpaired) electrons. The third kappa shape index (κ3) is 6.22. The van der Waals surface area contributed by atoms with Gasteiger partial charge in [-0.2, -0.15) is 0 Å². The Morgan fingerprint density at radius 1 is 1.26 bits per heavy atom. The number of carbonyl (C=O) groups is 1. The fourth-order valence-corrected chi connectivity index (χ4v) is 3.82. The van der Waals surface area contributed by atoms with Gasteiger partial charge in [0, 0.05) is 27.8 Å². The van der Waals surface area contributed by atoms with Crippen molar-refractivity contribution in [1.82, 2.24) is 9.88 Å². The first kappa shape index (κ1) is 21.7. The summed E-state index contributed by atoms with van der Waals surface area (Å²) in [5.74, 6) is 0.330. The molecule has 0 saturated carbocycles. The summed E-state index contributed by atoms with van der Waals surface area (Å²) in [6.07, 6.45) is -0.176. The molecule has 1 unspecified atom stereocenters. The van der Waals surface area contributed by atoms with E-state index in [1.165, 1.54) is 0 Å². The molecule has 1 heterocycles. The summed E-state index contributed by atoms with van der Waals surface area (Å²) in [4.78, 5) is 12.5. The molecule has 0 aliphatic rings. The molecule has 1 atom stereocenters. The predicted octanol–water partition coefficient (Wildman–Crippen LogP) is 5.06. The number of halogens is 1. The average molecular weight is 453 g/mol. The molecule has 1 amide bonds. The Morgan fingerprint density at radius 2 is 1.93 bits per heavy atom. The number of benzene rings is 1. The van der Waals surface area contributed by atoms with E-state index in [1.807, 2.05) is 43.3 Å². The lowest BCUT2D eigenvalue weighted by molar-refractivity contribution is 0.0774. The number of amides is 1. The van der Waals surface area contributed by atoms with Crippen LogP contribution in [0, 0.1) is 0 Å². The highest BCUT2D eigenvalue weighted by atomic mass is 79.9. The highest BCUT2D eigenvalue weighted by Gasteiger charge is 2.23. The van der Waals surface area contributed by atoms with Crippen LogP contribution in [-0.4, -0.2) is 32.2 Å². The maximum Gasteiger partial charge on any atom is 0.271 e. The zero-order chi connectivity index (χ0) is 20.0. The minimum absolute atomic E-state index is 0.176. The smallest absolute Gasteiger partial charge is 0.271 e. The Hall–Kier alpha value is -1.57. The van der Waals surface area contributed by atoms with E-state index in [0.717, 1.165) is 16.2 Å². The van der Waals surface area contributed by atoms with Crippen LogP contribution in [0.5, 0.6) is 5.75 Å². The first-order valence-corrected chi connectivity index (χ1v) is 13.6. The third-order valence-corrected chi connectivity index (χ3v) is 6.60. The van der Waals surface area contributed by atoms with E-state index in [1.54, 1.807) is 11.6 Å². The Balaban J connectivity index is 2.18. The second-order valence-corrected chi connectivity index (χ2v) is 14.1. The van der Waals surface area contributed by atoms with Gasteiger partial charge in [0.2, 0.25) is 0 Å². The number of carbonyl (C=O) groups excluding carboxylic acids is 1. The van der Waals surface area contributed by atoms with Gasteiger partial charge in [-0.3, -0.25) is 4.79 Å². The number of hydrogen-bond acceptors (Lipinski definition) is 3. The topological polar surface area (TPSA) is 52.5 Å². The van der Waals surface area contributed by atoms with Crippen LogP contribution in [-0.2, 0) is 11.5 Å². The monoisotopic (exact) mass is 452 g/mol. The predicted molar refractivity (Wildman–Crippen MR) is 115 cm³/mol. The zero-order valence-electron chi connectivity index (χ0n) is 16.7. The van der Waals surface area contributed by atoms with Crippen molar-refractivity contribution in [1.29, 1.82) is 0 Å². The summed E-state index contributed by atoms with van der Waals surface area (Å²) in [5, 5.41) is 2.69. The van der Waals surface area contributed by atoms with Crippen LogP contribution in [0.2, 0.25) is 25.7 Å². The lowest BCUT2D eigenvalue weighted by atomic mass is 10.1. The molecule has 0 saturated heterocycles. The summed E-state index contributed by atoms with van der Waals surface area (Å²) in [6, 6.07) is 12.8. The van der Waals surface area contributed by atoms with E-state index < -0.39 is 8.07 Å². The lowest BCUT2D eigenvalue weighted by Gasteiger charge is -2.18. The maximum atomic E-state index is 12.5. The van der Waals surface area contributed by atoms with E-state index in [-0.39, 0.29) is 12.0 Å². The number of rotatable bonds is 9. The molecular formula is C20H29BrN2O3Si. The van der Waals surface area contributed by atoms with Crippen molar-refractivity contribution in [2.45, 2.75) is 45.4 Å². The zero-order valence-corrected chi connectivity index (χ0v) is 19.3. The van der Waals surface area contributed by atoms with Crippen LogP contribution in [0.4, 0.5) is 0 Å². The molecule has 1 N–H and O–H groups in total. The highest BCUT2D eigenvalue weighted by molar-refractivity contribution is 9.10. The molecule has 27 heavy (non-hydrogen) atoms. The average Bonchev–Trinajstić information content (AvgIpc) is 2.93. The molecule has 2 aromatic rings. The van der Waals surface area contributed by atoms with Gasteiger partial charge in [-0.15, -0.1) is 0 Å². The van der Waals surface area contributed by atoms with Gasteiger partial charge in [-0.1, -0.05) is 50.0 Å². The van der Waals surface area contributed by atoms with Crippen LogP contribution in [0.1, 0.15) is 29.1 Å². The molecule has 0 aliphatic heterocycles. The Labute approximate surface area is 171 Å². The van der Waals surface area contributed by atoms with Crippen molar-refractivity contribution in [2.75, 3.05) is 13.7 Å².